The van der Waals surface area contributed by atoms with Crippen molar-refractivity contribution in [1.82, 2.24) is 14.8 Å². The van der Waals surface area contributed by atoms with Gasteiger partial charge in [0.2, 0.25) is 5.91 Å². The zero-order chi connectivity index (χ0) is 22.3. The van der Waals surface area contributed by atoms with Crippen molar-refractivity contribution in [2.45, 2.75) is 25.2 Å². The number of thioether (sulfide) groups is 1. The third kappa shape index (κ3) is 5.00. The van der Waals surface area contributed by atoms with Crippen LogP contribution in [0.4, 0.5) is 5.69 Å². The van der Waals surface area contributed by atoms with Gasteiger partial charge in [-0.15, -0.1) is 16.8 Å². The number of fused-ring (bicyclic) bond motifs is 1. The first-order valence-electron chi connectivity index (χ1n) is 10.3. The molecule has 0 fully saturated rings. The molecule has 1 amide bonds. The van der Waals surface area contributed by atoms with Crippen molar-refractivity contribution in [1.29, 1.82) is 0 Å². The molecule has 0 aliphatic rings. The third-order valence-corrected chi connectivity index (χ3v) is 5.92. The van der Waals surface area contributed by atoms with Crippen molar-refractivity contribution in [3.8, 4) is 5.75 Å². The number of rotatable bonds is 9. The summed E-state index contributed by atoms with van der Waals surface area (Å²) in [6, 6.07) is 21.7. The Balaban J connectivity index is 1.42. The molecule has 3 aromatic carbocycles. The standard InChI is InChI=1S/C25H24N4O2S/c1-3-15-29-23(16-31-22-14-7-4-9-18(22)2)27-28-25(29)32-17-24(30)26-21-13-8-11-19-10-5-6-12-20(19)21/h3-14H,1,15-17H2,2H3,(H,26,30). The molecule has 0 bridgehead atoms. The van der Waals surface area contributed by atoms with Crippen molar-refractivity contribution in [3.63, 3.8) is 0 Å². The van der Waals surface area contributed by atoms with Crippen LogP contribution in [0.5, 0.6) is 5.75 Å². The summed E-state index contributed by atoms with van der Waals surface area (Å²) in [5, 5.41) is 14.3. The average molecular weight is 445 g/mol. The number of aryl methyl sites for hydroxylation is 1. The van der Waals surface area contributed by atoms with Gasteiger partial charge in [-0.2, -0.15) is 0 Å². The fourth-order valence-electron chi connectivity index (χ4n) is 3.36. The lowest BCUT2D eigenvalue weighted by atomic mass is 10.1. The van der Waals surface area contributed by atoms with E-state index in [4.69, 9.17) is 4.74 Å². The van der Waals surface area contributed by atoms with Crippen LogP contribution in [0.3, 0.4) is 0 Å². The summed E-state index contributed by atoms with van der Waals surface area (Å²) in [5.74, 6) is 1.61. The molecule has 1 heterocycles. The minimum Gasteiger partial charge on any atom is -0.485 e. The summed E-state index contributed by atoms with van der Waals surface area (Å²) in [5.41, 5.74) is 1.86. The van der Waals surface area contributed by atoms with Gasteiger partial charge in [-0.05, 0) is 30.0 Å². The molecule has 162 valence electrons. The normalized spacial score (nSPS) is 10.8. The fourth-order valence-corrected chi connectivity index (χ4v) is 4.12. The van der Waals surface area contributed by atoms with Crippen LogP contribution < -0.4 is 10.1 Å². The number of hydrogen-bond donors (Lipinski definition) is 1. The van der Waals surface area contributed by atoms with Crippen molar-refractivity contribution >= 4 is 34.1 Å². The highest BCUT2D eigenvalue weighted by Crippen LogP contribution is 2.24. The number of hydrogen-bond acceptors (Lipinski definition) is 5. The Hall–Kier alpha value is -3.58. The van der Waals surface area contributed by atoms with E-state index < -0.39 is 0 Å². The monoisotopic (exact) mass is 444 g/mol. The van der Waals surface area contributed by atoms with Crippen LogP contribution in [0.2, 0.25) is 0 Å². The van der Waals surface area contributed by atoms with Gasteiger partial charge in [-0.25, -0.2) is 0 Å². The number of aromatic nitrogens is 3. The minimum absolute atomic E-state index is 0.0998. The molecular weight excluding hydrogens is 420 g/mol. The van der Waals surface area contributed by atoms with Gasteiger partial charge in [0.1, 0.15) is 12.4 Å². The zero-order valence-corrected chi connectivity index (χ0v) is 18.6. The summed E-state index contributed by atoms with van der Waals surface area (Å²) < 4.78 is 7.84. The number of anilines is 1. The molecule has 0 saturated carbocycles. The second-order valence-electron chi connectivity index (χ2n) is 7.22. The number of ether oxygens (including phenoxy) is 1. The number of carbonyl (C=O) groups is 1. The molecule has 32 heavy (non-hydrogen) atoms. The van der Waals surface area contributed by atoms with Crippen LogP contribution in [0.25, 0.3) is 10.8 Å². The second-order valence-corrected chi connectivity index (χ2v) is 8.16. The Kier molecular flexibility index (Phi) is 6.87. The van der Waals surface area contributed by atoms with Crippen LogP contribution in [0.15, 0.2) is 84.5 Å². The van der Waals surface area contributed by atoms with E-state index in [1.807, 2.05) is 78.2 Å². The Morgan fingerprint density at radius 3 is 2.72 bits per heavy atom. The van der Waals surface area contributed by atoms with E-state index in [1.165, 1.54) is 11.8 Å². The lowest BCUT2D eigenvalue weighted by Crippen LogP contribution is -2.15. The van der Waals surface area contributed by atoms with E-state index >= 15 is 0 Å². The van der Waals surface area contributed by atoms with E-state index in [1.54, 1.807) is 6.08 Å². The number of para-hydroxylation sites is 1. The SMILES string of the molecule is C=CCn1c(COc2ccccc2C)nnc1SCC(=O)Nc1cccc2ccccc12. The molecule has 4 aromatic rings. The predicted molar refractivity (Wildman–Crippen MR) is 129 cm³/mol. The maximum Gasteiger partial charge on any atom is 0.234 e. The van der Waals surface area contributed by atoms with E-state index in [0.717, 1.165) is 27.8 Å². The molecule has 0 aliphatic heterocycles. The molecule has 7 heteroatoms. The average Bonchev–Trinajstić information content (AvgIpc) is 3.19. The van der Waals surface area contributed by atoms with Gasteiger partial charge in [-0.1, -0.05) is 72.4 Å². The molecular formula is C25H24N4O2S. The minimum atomic E-state index is -0.0998. The Bertz CT molecular complexity index is 1250. The van der Waals surface area contributed by atoms with Gasteiger partial charge < -0.3 is 10.1 Å². The summed E-state index contributed by atoms with van der Waals surface area (Å²) >= 11 is 1.34. The van der Waals surface area contributed by atoms with Crippen LogP contribution in [-0.2, 0) is 17.9 Å². The van der Waals surface area contributed by atoms with Gasteiger partial charge in [0.05, 0.1) is 5.75 Å². The summed E-state index contributed by atoms with van der Waals surface area (Å²) in [4.78, 5) is 12.6. The van der Waals surface area contributed by atoms with Crippen LogP contribution >= 0.6 is 11.8 Å². The zero-order valence-electron chi connectivity index (χ0n) is 17.8. The van der Waals surface area contributed by atoms with Crippen LogP contribution in [0, 0.1) is 6.92 Å². The van der Waals surface area contributed by atoms with Gasteiger partial charge in [0.15, 0.2) is 11.0 Å². The number of nitrogens with one attached hydrogen (secondary N) is 1. The van der Waals surface area contributed by atoms with Crippen LogP contribution in [0.1, 0.15) is 11.4 Å². The highest BCUT2D eigenvalue weighted by molar-refractivity contribution is 7.99. The summed E-state index contributed by atoms with van der Waals surface area (Å²) in [6.07, 6.45) is 1.78. The first-order chi connectivity index (χ1) is 15.7. The number of amides is 1. The Labute approximate surface area is 191 Å². The topological polar surface area (TPSA) is 69.0 Å². The van der Waals surface area contributed by atoms with Crippen molar-refractivity contribution < 1.29 is 9.53 Å². The van der Waals surface area contributed by atoms with Crippen molar-refractivity contribution in [3.05, 3.63) is 90.8 Å². The third-order valence-electron chi connectivity index (χ3n) is 4.95. The molecule has 6 nitrogen and oxygen atoms in total. The van der Waals surface area contributed by atoms with Gasteiger partial charge in [0.25, 0.3) is 0 Å². The lowest BCUT2D eigenvalue weighted by Gasteiger charge is -2.11. The Morgan fingerprint density at radius 1 is 1.09 bits per heavy atom. The van der Waals surface area contributed by atoms with E-state index in [2.05, 4.69) is 22.1 Å². The molecule has 0 saturated heterocycles. The molecule has 0 unspecified atom stereocenters. The van der Waals surface area contributed by atoms with Crippen molar-refractivity contribution in [2.75, 3.05) is 11.1 Å². The number of benzene rings is 3. The maximum absolute atomic E-state index is 12.6. The quantitative estimate of drug-likeness (QED) is 0.283. The van der Waals surface area contributed by atoms with E-state index in [0.29, 0.717) is 17.5 Å². The summed E-state index contributed by atoms with van der Waals surface area (Å²) in [7, 11) is 0. The summed E-state index contributed by atoms with van der Waals surface area (Å²) in [6.45, 7) is 6.64. The molecule has 0 radical (unpaired) electrons. The number of nitrogens with zero attached hydrogens (tertiary/aromatic N) is 3. The molecule has 1 N–H and O–H groups in total. The number of carbonyl (C=O) groups excluding carboxylic acids is 1. The predicted octanol–water partition coefficient (Wildman–Crippen LogP) is 5.24. The second kappa shape index (κ2) is 10.2. The van der Waals surface area contributed by atoms with E-state index in [9.17, 15) is 4.79 Å². The first-order valence-corrected chi connectivity index (χ1v) is 11.3. The van der Waals surface area contributed by atoms with Crippen molar-refractivity contribution in [2.24, 2.45) is 0 Å². The largest absolute Gasteiger partial charge is 0.485 e. The Morgan fingerprint density at radius 2 is 1.88 bits per heavy atom. The van der Waals surface area contributed by atoms with E-state index in [-0.39, 0.29) is 18.3 Å². The highest BCUT2D eigenvalue weighted by atomic mass is 32.2. The molecule has 0 aliphatic carbocycles. The smallest absolute Gasteiger partial charge is 0.234 e. The highest BCUT2D eigenvalue weighted by Gasteiger charge is 2.15. The molecule has 0 spiro atoms. The maximum atomic E-state index is 12.6. The fraction of sp³-hybridized carbons (Fsp3) is 0.160. The molecule has 4 rings (SSSR count). The van der Waals surface area contributed by atoms with Gasteiger partial charge in [-0.3, -0.25) is 9.36 Å². The van der Waals surface area contributed by atoms with Gasteiger partial charge >= 0.3 is 0 Å². The number of allylic oxidation sites excluding steroid dienone is 1. The lowest BCUT2D eigenvalue weighted by molar-refractivity contribution is -0.113. The first kappa shape index (κ1) is 21.6. The van der Waals surface area contributed by atoms with Crippen LogP contribution in [-0.4, -0.2) is 26.4 Å². The van der Waals surface area contributed by atoms with Gasteiger partial charge in [0, 0.05) is 17.6 Å². The molecule has 1 aromatic heterocycles. The molecule has 0 atom stereocenters.